The minimum absolute atomic E-state index is 0.235. The molecule has 0 bridgehead atoms. The number of aryl methyl sites for hydroxylation is 1. The molecule has 2 aromatic heterocycles. The number of hydrogen-bond acceptors (Lipinski definition) is 9. The van der Waals surface area contributed by atoms with E-state index in [9.17, 15) is 9.59 Å². The molecule has 2 heterocycles. The topological polar surface area (TPSA) is 103 Å². The number of nitrogens with zero attached hydrogens (tertiary/aromatic N) is 3. The van der Waals surface area contributed by atoms with Gasteiger partial charge in [-0.05, 0) is 48.3 Å². The van der Waals surface area contributed by atoms with Crippen LogP contribution in [0.25, 0.3) is 10.1 Å². The summed E-state index contributed by atoms with van der Waals surface area (Å²) in [5, 5.41) is 8.89. The van der Waals surface area contributed by atoms with Crippen molar-refractivity contribution in [1.29, 1.82) is 0 Å². The first-order chi connectivity index (χ1) is 15.5. The Hall–Kier alpha value is -3.34. The zero-order chi connectivity index (χ0) is 22.7. The van der Waals surface area contributed by atoms with E-state index in [0.717, 1.165) is 21.6 Å². The monoisotopic (exact) mass is 486 g/mol. The van der Waals surface area contributed by atoms with Crippen LogP contribution in [-0.4, -0.2) is 34.8 Å². The number of aromatic nitrogens is 2. The molecule has 32 heavy (non-hydrogen) atoms. The average molecular weight is 487 g/mol. The van der Waals surface area contributed by atoms with Crippen LogP contribution in [0.3, 0.4) is 0 Å². The number of thiophene rings is 1. The quantitative estimate of drug-likeness (QED) is 0.183. The molecule has 0 atom stereocenters. The van der Waals surface area contributed by atoms with Crippen molar-refractivity contribution >= 4 is 62.6 Å². The van der Waals surface area contributed by atoms with Crippen LogP contribution in [0.1, 0.15) is 30.6 Å². The van der Waals surface area contributed by atoms with Crippen molar-refractivity contribution in [3.05, 3.63) is 68.5 Å². The van der Waals surface area contributed by atoms with Gasteiger partial charge in [0.1, 0.15) is 9.75 Å². The molecule has 1 N–H and O–H groups in total. The second-order valence-electron chi connectivity index (χ2n) is 6.43. The van der Waals surface area contributed by atoms with Crippen LogP contribution < -0.4 is 14.9 Å². The second-order valence-corrected chi connectivity index (χ2v) is 8.61. The molecular formula is C21H15ClN4O4S2. The Bertz CT molecular complexity index is 1350. The maximum atomic E-state index is 12.7. The Balaban J connectivity index is 1.48. The fourth-order valence-electron chi connectivity index (χ4n) is 2.80. The summed E-state index contributed by atoms with van der Waals surface area (Å²) in [5.74, 6) is -0.407. The number of fused-ring (bicyclic) bond motifs is 1. The molecule has 1 amide bonds. The molecule has 0 spiro atoms. The number of rotatable bonds is 6. The number of esters is 1. The third-order valence-corrected chi connectivity index (χ3v) is 6.83. The number of benzene rings is 2. The van der Waals surface area contributed by atoms with Crippen molar-refractivity contribution in [2.45, 2.75) is 6.92 Å². The predicted molar refractivity (Wildman–Crippen MR) is 124 cm³/mol. The highest BCUT2D eigenvalue weighted by atomic mass is 35.5. The SMILES string of the molecule is COc1cc(/C=N/NC(=O)c2snnc2C)ccc1OC(=O)c1sc2ccccc2c1Cl. The van der Waals surface area contributed by atoms with Crippen molar-refractivity contribution in [3.8, 4) is 11.5 Å². The largest absolute Gasteiger partial charge is 0.493 e. The van der Waals surface area contributed by atoms with Crippen LogP contribution in [0.15, 0.2) is 47.6 Å². The number of halogens is 1. The van der Waals surface area contributed by atoms with Gasteiger partial charge < -0.3 is 9.47 Å². The predicted octanol–water partition coefficient (Wildman–Crippen LogP) is 4.71. The molecule has 0 fully saturated rings. The van der Waals surface area contributed by atoms with Gasteiger partial charge in [-0.3, -0.25) is 4.79 Å². The van der Waals surface area contributed by atoms with Crippen molar-refractivity contribution in [2.75, 3.05) is 7.11 Å². The molecule has 11 heteroatoms. The Labute approximate surface area is 195 Å². The number of hydrogen-bond donors (Lipinski definition) is 1. The summed E-state index contributed by atoms with van der Waals surface area (Å²) in [6, 6.07) is 12.4. The first kappa shape index (κ1) is 21.9. The van der Waals surface area contributed by atoms with Crippen molar-refractivity contribution < 1.29 is 19.1 Å². The molecule has 0 saturated carbocycles. The fourth-order valence-corrected chi connectivity index (χ4v) is 4.73. The number of carbonyl (C=O) groups is 2. The smallest absolute Gasteiger partial charge is 0.355 e. The van der Waals surface area contributed by atoms with Gasteiger partial charge in [-0.2, -0.15) is 5.10 Å². The summed E-state index contributed by atoms with van der Waals surface area (Å²) in [6.45, 7) is 1.69. The number of carbonyl (C=O) groups excluding carboxylic acids is 2. The Morgan fingerprint density at radius 1 is 1.16 bits per heavy atom. The van der Waals surface area contributed by atoms with E-state index >= 15 is 0 Å². The molecule has 0 aliphatic heterocycles. The van der Waals surface area contributed by atoms with Crippen LogP contribution in [0.4, 0.5) is 0 Å². The lowest BCUT2D eigenvalue weighted by Gasteiger charge is -2.09. The Kier molecular flexibility index (Phi) is 6.45. The van der Waals surface area contributed by atoms with E-state index in [1.165, 1.54) is 24.7 Å². The Morgan fingerprint density at radius 3 is 2.69 bits per heavy atom. The highest BCUT2D eigenvalue weighted by Gasteiger charge is 2.20. The van der Waals surface area contributed by atoms with Gasteiger partial charge in [0, 0.05) is 10.1 Å². The summed E-state index contributed by atoms with van der Waals surface area (Å²) in [7, 11) is 1.46. The summed E-state index contributed by atoms with van der Waals surface area (Å²) in [4.78, 5) is 25.5. The van der Waals surface area contributed by atoms with E-state index in [1.807, 2.05) is 24.3 Å². The van der Waals surface area contributed by atoms with Crippen LogP contribution in [-0.2, 0) is 0 Å². The number of amides is 1. The fraction of sp³-hybridized carbons (Fsp3) is 0.0952. The van der Waals surface area contributed by atoms with E-state index < -0.39 is 11.9 Å². The number of hydrazone groups is 1. The minimum atomic E-state index is -0.572. The first-order valence-corrected chi connectivity index (χ1v) is 11.1. The number of nitrogens with one attached hydrogen (secondary N) is 1. The molecular weight excluding hydrogens is 472 g/mol. The first-order valence-electron chi connectivity index (χ1n) is 9.17. The molecule has 4 aromatic rings. The van der Waals surface area contributed by atoms with Gasteiger partial charge >= 0.3 is 5.97 Å². The van der Waals surface area contributed by atoms with Crippen LogP contribution in [0.5, 0.6) is 11.5 Å². The van der Waals surface area contributed by atoms with Crippen molar-refractivity contribution in [2.24, 2.45) is 5.10 Å². The highest BCUT2D eigenvalue weighted by Crippen LogP contribution is 2.37. The minimum Gasteiger partial charge on any atom is -0.493 e. The van der Waals surface area contributed by atoms with Gasteiger partial charge in [0.25, 0.3) is 5.91 Å². The maximum absolute atomic E-state index is 12.7. The lowest BCUT2D eigenvalue weighted by molar-refractivity contribution is 0.0734. The molecule has 2 aromatic carbocycles. The van der Waals surface area contributed by atoms with Gasteiger partial charge in [0.05, 0.1) is 24.0 Å². The molecule has 162 valence electrons. The molecule has 0 aliphatic rings. The molecule has 4 rings (SSSR count). The maximum Gasteiger partial charge on any atom is 0.355 e. The lowest BCUT2D eigenvalue weighted by atomic mass is 10.2. The van der Waals surface area contributed by atoms with Crippen LogP contribution in [0.2, 0.25) is 5.02 Å². The summed E-state index contributed by atoms with van der Waals surface area (Å²) in [6.07, 6.45) is 1.44. The zero-order valence-corrected chi connectivity index (χ0v) is 19.2. The molecule has 8 nitrogen and oxygen atoms in total. The molecule has 0 radical (unpaired) electrons. The Morgan fingerprint density at radius 2 is 1.97 bits per heavy atom. The van der Waals surface area contributed by atoms with E-state index in [0.29, 0.717) is 31.8 Å². The van der Waals surface area contributed by atoms with Crippen LogP contribution >= 0.6 is 34.5 Å². The van der Waals surface area contributed by atoms with E-state index in [2.05, 4.69) is 20.1 Å². The summed E-state index contributed by atoms with van der Waals surface area (Å²) >= 11 is 8.62. The lowest BCUT2D eigenvalue weighted by Crippen LogP contribution is -2.17. The molecule has 0 saturated heterocycles. The van der Waals surface area contributed by atoms with Crippen molar-refractivity contribution in [3.63, 3.8) is 0 Å². The van der Waals surface area contributed by atoms with Crippen LogP contribution in [0, 0.1) is 6.92 Å². The van der Waals surface area contributed by atoms with E-state index in [4.69, 9.17) is 21.1 Å². The van der Waals surface area contributed by atoms with E-state index in [1.54, 1.807) is 25.1 Å². The second kappa shape index (κ2) is 9.43. The third-order valence-electron chi connectivity index (χ3n) is 4.35. The average Bonchev–Trinajstić information content (AvgIpc) is 3.38. The normalized spacial score (nSPS) is 11.1. The van der Waals surface area contributed by atoms with Gasteiger partial charge in [-0.25, -0.2) is 10.2 Å². The van der Waals surface area contributed by atoms with Gasteiger partial charge in [0.15, 0.2) is 11.5 Å². The number of ether oxygens (including phenoxy) is 2. The zero-order valence-electron chi connectivity index (χ0n) is 16.8. The van der Waals surface area contributed by atoms with Gasteiger partial charge in [0.2, 0.25) is 0 Å². The number of methoxy groups -OCH3 is 1. The van der Waals surface area contributed by atoms with Crippen molar-refractivity contribution in [1.82, 2.24) is 15.0 Å². The summed E-state index contributed by atoms with van der Waals surface area (Å²) in [5.41, 5.74) is 3.58. The standard InChI is InChI=1S/C21H15ClN4O4S2/c1-11-18(32-26-24-11)20(27)25-23-10-12-7-8-14(15(9-12)29-2)30-21(28)19-17(22)13-5-3-4-6-16(13)31-19/h3-10H,1-2H3,(H,25,27)/b23-10+. The summed E-state index contributed by atoms with van der Waals surface area (Å²) < 4.78 is 15.5. The van der Waals surface area contributed by atoms with Gasteiger partial charge in [-0.1, -0.05) is 34.3 Å². The molecule has 0 aliphatic carbocycles. The highest BCUT2D eigenvalue weighted by molar-refractivity contribution is 7.21. The molecule has 0 unspecified atom stereocenters. The van der Waals surface area contributed by atoms with E-state index in [-0.39, 0.29) is 5.75 Å². The van der Waals surface area contributed by atoms with Gasteiger partial charge in [-0.15, -0.1) is 16.4 Å². The third kappa shape index (κ3) is 4.47.